The molecule has 3 rings (SSSR count). The summed E-state index contributed by atoms with van der Waals surface area (Å²) in [6.45, 7) is 4.74. The molecule has 4 atom stereocenters. The minimum Gasteiger partial charge on any atom is -0.0654 e. The van der Waals surface area contributed by atoms with E-state index in [1.807, 2.05) is 0 Å². The maximum Gasteiger partial charge on any atom is -0.0383 e. The first kappa shape index (κ1) is 17.8. The number of hydrogen-bond acceptors (Lipinski definition) is 0. The highest BCUT2D eigenvalue weighted by atomic mass is 14.4. The summed E-state index contributed by atoms with van der Waals surface area (Å²) in [4.78, 5) is 0. The van der Waals surface area contributed by atoms with Crippen LogP contribution < -0.4 is 0 Å². The number of hydrogen-bond donors (Lipinski definition) is 0. The molecule has 3 aliphatic rings. The van der Waals surface area contributed by atoms with E-state index in [-0.39, 0.29) is 0 Å². The summed E-state index contributed by atoms with van der Waals surface area (Å²) in [7, 11) is 0. The molecule has 0 nitrogen and oxygen atoms in total. The van der Waals surface area contributed by atoms with Gasteiger partial charge in [-0.05, 0) is 80.5 Å². The van der Waals surface area contributed by atoms with E-state index in [2.05, 4.69) is 13.8 Å². The van der Waals surface area contributed by atoms with Gasteiger partial charge in [-0.1, -0.05) is 65.2 Å². The van der Waals surface area contributed by atoms with E-state index in [9.17, 15) is 0 Å². The van der Waals surface area contributed by atoms with Crippen molar-refractivity contribution in [1.29, 1.82) is 0 Å². The van der Waals surface area contributed by atoms with Crippen LogP contribution in [0.1, 0.15) is 110 Å². The standard InChI is InChI=1S/C23H42/c1-3-5-6-7-19-10-13-23-17-22(15-14-21(23)16-19)20-11-8-18(4-2)9-12-20/h18-23H,3-17H2,1-2H3/t18?,19-,20?,21-,22+,23+/m0/s1. The lowest BCUT2D eigenvalue weighted by Crippen LogP contribution is -2.34. The highest BCUT2D eigenvalue weighted by Gasteiger charge is 2.38. The first-order valence-electron chi connectivity index (χ1n) is 11.3. The van der Waals surface area contributed by atoms with Gasteiger partial charge in [-0.2, -0.15) is 0 Å². The number of fused-ring (bicyclic) bond motifs is 1. The van der Waals surface area contributed by atoms with Gasteiger partial charge in [-0.15, -0.1) is 0 Å². The molecule has 0 spiro atoms. The van der Waals surface area contributed by atoms with E-state index in [0.29, 0.717) is 0 Å². The van der Waals surface area contributed by atoms with Crippen LogP contribution in [0.25, 0.3) is 0 Å². The molecule has 23 heavy (non-hydrogen) atoms. The highest BCUT2D eigenvalue weighted by Crippen LogP contribution is 2.49. The molecular formula is C23H42. The molecule has 134 valence electrons. The van der Waals surface area contributed by atoms with Crippen molar-refractivity contribution >= 4 is 0 Å². The second-order valence-electron chi connectivity index (χ2n) is 9.46. The van der Waals surface area contributed by atoms with Crippen molar-refractivity contribution in [2.45, 2.75) is 110 Å². The van der Waals surface area contributed by atoms with Gasteiger partial charge in [0, 0.05) is 0 Å². The molecular weight excluding hydrogens is 276 g/mol. The summed E-state index contributed by atoms with van der Waals surface area (Å²) in [6.07, 6.45) is 23.1. The molecule has 0 unspecified atom stereocenters. The SMILES string of the molecule is CCCCC[C@H]1CC[C@@H]2C[C@H](C3CCC(CC)CC3)CC[C@H]2C1. The average molecular weight is 319 g/mol. The Morgan fingerprint density at radius 3 is 1.83 bits per heavy atom. The fourth-order valence-electron chi connectivity index (χ4n) is 6.46. The smallest absolute Gasteiger partial charge is 0.0383 e. The Hall–Kier alpha value is 0. The summed E-state index contributed by atoms with van der Waals surface area (Å²) < 4.78 is 0. The van der Waals surface area contributed by atoms with Crippen molar-refractivity contribution in [3.63, 3.8) is 0 Å². The van der Waals surface area contributed by atoms with Crippen molar-refractivity contribution in [2.75, 3.05) is 0 Å². The molecule has 3 saturated carbocycles. The van der Waals surface area contributed by atoms with Gasteiger partial charge in [-0.25, -0.2) is 0 Å². The van der Waals surface area contributed by atoms with E-state index >= 15 is 0 Å². The molecule has 3 fully saturated rings. The van der Waals surface area contributed by atoms with Crippen LogP contribution in [0, 0.1) is 35.5 Å². The third-order valence-corrected chi connectivity index (χ3v) is 8.11. The van der Waals surface area contributed by atoms with E-state index < -0.39 is 0 Å². The lowest BCUT2D eigenvalue weighted by atomic mass is 9.60. The number of unbranched alkanes of at least 4 members (excludes halogenated alkanes) is 2. The fraction of sp³-hybridized carbons (Fsp3) is 1.00. The van der Waals surface area contributed by atoms with E-state index in [4.69, 9.17) is 0 Å². The molecule has 0 aromatic rings. The van der Waals surface area contributed by atoms with E-state index in [1.165, 1.54) is 25.7 Å². The lowest BCUT2D eigenvalue weighted by Gasteiger charge is -2.45. The number of rotatable bonds is 6. The Balaban J connectivity index is 1.42. The molecule has 0 N–H and O–H groups in total. The maximum atomic E-state index is 2.40. The van der Waals surface area contributed by atoms with E-state index in [0.717, 1.165) is 35.5 Å². The van der Waals surface area contributed by atoms with Gasteiger partial charge in [0.05, 0.1) is 0 Å². The Morgan fingerprint density at radius 2 is 1.13 bits per heavy atom. The monoisotopic (exact) mass is 318 g/mol. The van der Waals surface area contributed by atoms with Crippen LogP contribution in [-0.2, 0) is 0 Å². The molecule has 0 radical (unpaired) electrons. The van der Waals surface area contributed by atoms with Gasteiger partial charge in [0.25, 0.3) is 0 Å². The van der Waals surface area contributed by atoms with Crippen molar-refractivity contribution in [1.82, 2.24) is 0 Å². The van der Waals surface area contributed by atoms with Crippen LogP contribution in [0.2, 0.25) is 0 Å². The first-order chi connectivity index (χ1) is 11.3. The molecule has 0 aromatic carbocycles. The third-order valence-electron chi connectivity index (χ3n) is 8.11. The van der Waals surface area contributed by atoms with Crippen LogP contribution in [0.4, 0.5) is 0 Å². The predicted octanol–water partition coefficient (Wildman–Crippen LogP) is 7.62. The Morgan fingerprint density at radius 1 is 0.565 bits per heavy atom. The molecule has 0 bridgehead atoms. The third kappa shape index (κ3) is 4.76. The van der Waals surface area contributed by atoms with Gasteiger partial charge >= 0.3 is 0 Å². The van der Waals surface area contributed by atoms with Crippen molar-refractivity contribution < 1.29 is 0 Å². The second kappa shape index (κ2) is 8.91. The molecule has 0 heterocycles. The summed E-state index contributed by atoms with van der Waals surface area (Å²) >= 11 is 0. The molecule has 0 amide bonds. The van der Waals surface area contributed by atoms with Crippen LogP contribution in [0.5, 0.6) is 0 Å². The molecule has 3 aliphatic carbocycles. The average Bonchev–Trinajstić information content (AvgIpc) is 2.61. The molecule has 0 aliphatic heterocycles. The van der Waals surface area contributed by atoms with Gasteiger partial charge in [-0.3, -0.25) is 0 Å². The zero-order valence-corrected chi connectivity index (χ0v) is 16.1. The van der Waals surface area contributed by atoms with Crippen molar-refractivity contribution in [3.8, 4) is 0 Å². The van der Waals surface area contributed by atoms with Gasteiger partial charge < -0.3 is 0 Å². The normalized spacial score (nSPS) is 41.5. The van der Waals surface area contributed by atoms with Crippen LogP contribution in [-0.4, -0.2) is 0 Å². The first-order valence-corrected chi connectivity index (χ1v) is 11.3. The topological polar surface area (TPSA) is 0 Å². The molecule has 0 aromatic heterocycles. The van der Waals surface area contributed by atoms with Gasteiger partial charge in [0.15, 0.2) is 0 Å². The minimum atomic E-state index is 1.07. The Kier molecular flexibility index (Phi) is 6.90. The quantitative estimate of drug-likeness (QED) is 0.442. The summed E-state index contributed by atoms with van der Waals surface area (Å²) in [5.74, 6) is 6.64. The second-order valence-corrected chi connectivity index (χ2v) is 9.46. The van der Waals surface area contributed by atoms with Crippen LogP contribution in [0.3, 0.4) is 0 Å². The van der Waals surface area contributed by atoms with Crippen LogP contribution in [0.15, 0.2) is 0 Å². The minimum absolute atomic E-state index is 1.07. The molecule has 0 saturated heterocycles. The van der Waals surface area contributed by atoms with Gasteiger partial charge in [0.2, 0.25) is 0 Å². The molecule has 0 heteroatoms. The van der Waals surface area contributed by atoms with Gasteiger partial charge in [0.1, 0.15) is 0 Å². The summed E-state index contributed by atoms with van der Waals surface area (Å²) in [6, 6.07) is 0. The van der Waals surface area contributed by atoms with Crippen molar-refractivity contribution in [2.24, 2.45) is 35.5 Å². The summed E-state index contributed by atoms with van der Waals surface area (Å²) in [5.41, 5.74) is 0. The summed E-state index contributed by atoms with van der Waals surface area (Å²) in [5, 5.41) is 0. The zero-order chi connectivity index (χ0) is 16.1. The highest BCUT2D eigenvalue weighted by molar-refractivity contribution is 4.89. The van der Waals surface area contributed by atoms with Crippen LogP contribution >= 0.6 is 0 Å². The fourth-order valence-corrected chi connectivity index (χ4v) is 6.46. The van der Waals surface area contributed by atoms with Crippen molar-refractivity contribution in [3.05, 3.63) is 0 Å². The largest absolute Gasteiger partial charge is 0.0654 e. The predicted molar refractivity (Wildman–Crippen MR) is 102 cm³/mol. The Labute approximate surface area is 146 Å². The lowest BCUT2D eigenvalue weighted by molar-refractivity contribution is 0.0578. The Bertz CT molecular complexity index is 325. The maximum absolute atomic E-state index is 2.40. The zero-order valence-electron chi connectivity index (χ0n) is 16.1. The van der Waals surface area contributed by atoms with E-state index in [1.54, 1.807) is 70.6 Å².